The molecule has 3 heterocycles. The van der Waals surface area contributed by atoms with E-state index in [0.29, 0.717) is 17.7 Å². The third kappa shape index (κ3) is 4.56. The van der Waals surface area contributed by atoms with Gasteiger partial charge in [-0.15, -0.1) is 0 Å². The lowest BCUT2D eigenvalue weighted by Gasteiger charge is -2.34. The Labute approximate surface area is 139 Å². The molecule has 2 aliphatic rings. The molecular weight excluding hydrogens is 288 g/mol. The Morgan fingerprint density at radius 2 is 2.00 bits per heavy atom. The molecule has 2 aliphatic heterocycles. The summed E-state index contributed by atoms with van der Waals surface area (Å²) in [6, 6.07) is 1.97. The van der Waals surface area contributed by atoms with Crippen molar-refractivity contribution in [1.82, 2.24) is 20.0 Å². The van der Waals surface area contributed by atoms with Crippen molar-refractivity contribution in [3.05, 3.63) is 18.5 Å². The molecule has 1 aromatic heterocycles. The van der Waals surface area contributed by atoms with Crippen molar-refractivity contribution < 1.29 is 4.79 Å². The standard InChI is InChI=1S/C18H30N4O/c1-15(17-3-8-19-9-4-17)13-18(23)21-11-5-16(6-12-21)14-22-10-2-7-20-22/h2,7,10,15-17,19H,3-6,8-9,11-14H2,1H3. The molecule has 0 aromatic carbocycles. The maximum Gasteiger partial charge on any atom is 0.222 e. The van der Waals surface area contributed by atoms with Crippen LogP contribution in [0.25, 0.3) is 0 Å². The second kappa shape index (κ2) is 7.95. The van der Waals surface area contributed by atoms with Gasteiger partial charge in [-0.05, 0) is 62.6 Å². The summed E-state index contributed by atoms with van der Waals surface area (Å²) in [7, 11) is 0. The molecule has 1 unspecified atom stereocenters. The van der Waals surface area contributed by atoms with Crippen molar-refractivity contribution in [1.29, 1.82) is 0 Å². The lowest BCUT2D eigenvalue weighted by Crippen LogP contribution is -2.41. The number of hydrogen-bond acceptors (Lipinski definition) is 3. The highest BCUT2D eigenvalue weighted by Gasteiger charge is 2.27. The van der Waals surface area contributed by atoms with Crippen molar-refractivity contribution in [2.45, 2.75) is 45.6 Å². The maximum atomic E-state index is 12.6. The van der Waals surface area contributed by atoms with Gasteiger partial charge in [0.2, 0.25) is 5.91 Å². The number of aromatic nitrogens is 2. The zero-order valence-corrected chi connectivity index (χ0v) is 14.3. The Bertz CT molecular complexity index is 473. The van der Waals surface area contributed by atoms with Crippen LogP contribution >= 0.6 is 0 Å². The normalized spacial score (nSPS) is 22.2. The fourth-order valence-corrected chi connectivity index (χ4v) is 4.02. The van der Waals surface area contributed by atoms with Crippen LogP contribution in [-0.2, 0) is 11.3 Å². The lowest BCUT2D eigenvalue weighted by molar-refractivity contribution is -0.134. The SMILES string of the molecule is CC(CC(=O)N1CCC(Cn2cccn2)CC1)C1CCNCC1. The van der Waals surface area contributed by atoms with Crippen LogP contribution in [0.5, 0.6) is 0 Å². The van der Waals surface area contributed by atoms with E-state index in [2.05, 4.69) is 22.2 Å². The van der Waals surface area contributed by atoms with E-state index in [1.165, 1.54) is 12.8 Å². The fourth-order valence-electron chi connectivity index (χ4n) is 4.02. The molecule has 5 nitrogen and oxygen atoms in total. The van der Waals surface area contributed by atoms with Crippen LogP contribution in [0.2, 0.25) is 0 Å². The second-order valence-corrected chi connectivity index (χ2v) is 7.32. The summed E-state index contributed by atoms with van der Waals surface area (Å²) in [5.74, 6) is 2.26. The Hall–Kier alpha value is -1.36. The van der Waals surface area contributed by atoms with Crippen molar-refractivity contribution in [3.63, 3.8) is 0 Å². The van der Waals surface area contributed by atoms with Gasteiger partial charge in [0, 0.05) is 38.4 Å². The first-order valence-electron chi connectivity index (χ1n) is 9.18. The van der Waals surface area contributed by atoms with Gasteiger partial charge < -0.3 is 10.2 Å². The van der Waals surface area contributed by atoms with Crippen LogP contribution in [0.15, 0.2) is 18.5 Å². The Morgan fingerprint density at radius 3 is 2.65 bits per heavy atom. The third-order valence-electron chi connectivity index (χ3n) is 5.66. The largest absolute Gasteiger partial charge is 0.343 e. The molecule has 128 valence electrons. The van der Waals surface area contributed by atoms with Crippen molar-refractivity contribution in [2.24, 2.45) is 17.8 Å². The molecule has 0 spiro atoms. The number of nitrogens with zero attached hydrogens (tertiary/aromatic N) is 3. The number of carbonyl (C=O) groups excluding carboxylic acids is 1. The summed E-state index contributed by atoms with van der Waals surface area (Å²) in [6.07, 6.45) is 9.25. The minimum absolute atomic E-state index is 0.369. The van der Waals surface area contributed by atoms with E-state index in [1.807, 2.05) is 23.1 Å². The second-order valence-electron chi connectivity index (χ2n) is 7.32. The molecule has 1 aromatic rings. The number of amides is 1. The molecular formula is C18H30N4O. The molecule has 23 heavy (non-hydrogen) atoms. The van der Waals surface area contributed by atoms with E-state index in [9.17, 15) is 4.79 Å². The number of carbonyl (C=O) groups is 1. The van der Waals surface area contributed by atoms with E-state index in [0.717, 1.165) is 57.9 Å². The molecule has 0 bridgehead atoms. The Balaban J connectivity index is 1.40. The monoisotopic (exact) mass is 318 g/mol. The molecule has 1 N–H and O–H groups in total. The van der Waals surface area contributed by atoms with E-state index in [1.54, 1.807) is 0 Å². The molecule has 2 fully saturated rings. The Kier molecular flexibility index (Phi) is 5.70. The summed E-state index contributed by atoms with van der Waals surface area (Å²) in [5, 5.41) is 7.69. The summed E-state index contributed by atoms with van der Waals surface area (Å²) in [4.78, 5) is 14.7. The van der Waals surface area contributed by atoms with E-state index in [4.69, 9.17) is 0 Å². The van der Waals surface area contributed by atoms with Gasteiger partial charge >= 0.3 is 0 Å². The molecule has 1 atom stereocenters. The van der Waals surface area contributed by atoms with Gasteiger partial charge in [-0.25, -0.2) is 0 Å². The Morgan fingerprint density at radius 1 is 1.26 bits per heavy atom. The molecule has 2 saturated heterocycles. The van der Waals surface area contributed by atoms with Gasteiger partial charge in [0.25, 0.3) is 0 Å². The van der Waals surface area contributed by atoms with E-state index < -0.39 is 0 Å². The predicted octanol–water partition coefficient (Wildman–Crippen LogP) is 2.15. The minimum Gasteiger partial charge on any atom is -0.343 e. The van der Waals surface area contributed by atoms with Gasteiger partial charge in [-0.1, -0.05) is 6.92 Å². The van der Waals surface area contributed by atoms with Crippen LogP contribution in [0.3, 0.4) is 0 Å². The smallest absolute Gasteiger partial charge is 0.222 e. The van der Waals surface area contributed by atoms with E-state index >= 15 is 0 Å². The van der Waals surface area contributed by atoms with Gasteiger partial charge in [0.15, 0.2) is 0 Å². The summed E-state index contributed by atoms with van der Waals surface area (Å²) in [5.41, 5.74) is 0. The molecule has 0 saturated carbocycles. The van der Waals surface area contributed by atoms with Crippen molar-refractivity contribution in [2.75, 3.05) is 26.2 Å². The van der Waals surface area contributed by atoms with E-state index in [-0.39, 0.29) is 0 Å². The summed E-state index contributed by atoms with van der Waals surface area (Å²) < 4.78 is 2.02. The average Bonchev–Trinajstić information content (AvgIpc) is 3.09. The highest BCUT2D eigenvalue weighted by Crippen LogP contribution is 2.26. The molecule has 3 rings (SSSR count). The summed E-state index contributed by atoms with van der Waals surface area (Å²) >= 11 is 0. The molecule has 1 amide bonds. The van der Waals surface area contributed by atoms with Gasteiger partial charge in [0.1, 0.15) is 0 Å². The fraction of sp³-hybridized carbons (Fsp3) is 0.778. The predicted molar refractivity (Wildman–Crippen MR) is 90.9 cm³/mol. The average molecular weight is 318 g/mol. The lowest BCUT2D eigenvalue weighted by atomic mass is 9.83. The number of rotatable bonds is 5. The van der Waals surface area contributed by atoms with Crippen LogP contribution in [-0.4, -0.2) is 46.8 Å². The van der Waals surface area contributed by atoms with Crippen LogP contribution < -0.4 is 5.32 Å². The number of piperidine rings is 2. The van der Waals surface area contributed by atoms with Crippen LogP contribution in [0.4, 0.5) is 0 Å². The topological polar surface area (TPSA) is 50.2 Å². The van der Waals surface area contributed by atoms with Crippen molar-refractivity contribution in [3.8, 4) is 0 Å². The zero-order chi connectivity index (χ0) is 16.1. The maximum absolute atomic E-state index is 12.6. The van der Waals surface area contributed by atoms with Gasteiger partial charge in [0.05, 0.1) is 0 Å². The molecule has 0 radical (unpaired) electrons. The zero-order valence-electron chi connectivity index (χ0n) is 14.3. The quantitative estimate of drug-likeness (QED) is 0.905. The number of hydrogen-bond donors (Lipinski definition) is 1. The summed E-state index contributed by atoms with van der Waals surface area (Å²) in [6.45, 7) is 7.32. The van der Waals surface area contributed by atoms with Crippen LogP contribution in [0.1, 0.15) is 39.0 Å². The molecule has 0 aliphatic carbocycles. The minimum atomic E-state index is 0.369. The first kappa shape index (κ1) is 16.5. The molecule has 5 heteroatoms. The highest BCUT2D eigenvalue weighted by atomic mass is 16.2. The number of nitrogens with one attached hydrogen (secondary N) is 1. The van der Waals surface area contributed by atoms with Crippen LogP contribution in [0, 0.1) is 17.8 Å². The number of likely N-dealkylation sites (tertiary alicyclic amines) is 1. The van der Waals surface area contributed by atoms with Gasteiger partial charge in [-0.2, -0.15) is 5.10 Å². The van der Waals surface area contributed by atoms with Crippen molar-refractivity contribution >= 4 is 5.91 Å². The third-order valence-corrected chi connectivity index (χ3v) is 5.66. The van der Waals surface area contributed by atoms with Gasteiger partial charge in [-0.3, -0.25) is 9.48 Å². The first-order chi connectivity index (χ1) is 11.2. The first-order valence-corrected chi connectivity index (χ1v) is 9.18. The highest BCUT2D eigenvalue weighted by molar-refractivity contribution is 5.76.